The number of nitrogens with zero attached hydrogens (tertiary/aromatic N) is 1. The van der Waals surface area contributed by atoms with Gasteiger partial charge in [-0.15, -0.1) is 0 Å². The highest BCUT2D eigenvalue weighted by atomic mass is 19.3. The molecule has 0 spiro atoms. The number of pyridine rings is 1. The number of hydrogen-bond donors (Lipinski definition) is 0. The molecule has 0 aliphatic heterocycles. The molecule has 4 heteroatoms. The first-order valence-corrected chi connectivity index (χ1v) is 4.48. The Morgan fingerprint density at radius 1 is 1.36 bits per heavy atom. The summed E-state index contributed by atoms with van der Waals surface area (Å²) in [5.74, 6) is -0.0417. The van der Waals surface area contributed by atoms with Gasteiger partial charge in [0.2, 0.25) is 5.88 Å². The molecule has 0 bridgehead atoms. The average molecular weight is 203 g/mol. The van der Waals surface area contributed by atoms with Crippen LogP contribution in [0.15, 0.2) is 18.2 Å². The minimum atomic E-state index is -2.80. The summed E-state index contributed by atoms with van der Waals surface area (Å²) in [4.78, 5) is 3.71. The van der Waals surface area contributed by atoms with Crippen LogP contribution in [0, 0.1) is 6.92 Å². The Kier molecular flexibility index (Phi) is 6.62. The van der Waals surface area contributed by atoms with Crippen LogP contribution in [0.4, 0.5) is 8.78 Å². The minimum Gasteiger partial charge on any atom is -0.417 e. The van der Waals surface area contributed by atoms with E-state index in [-0.39, 0.29) is 5.88 Å². The SMILES string of the molecule is CCC.Cc1cccc(OC(F)F)n1. The molecular weight excluding hydrogens is 188 g/mol. The van der Waals surface area contributed by atoms with Crippen LogP contribution >= 0.6 is 0 Å². The maximum atomic E-state index is 11.6. The zero-order valence-corrected chi connectivity index (χ0v) is 8.63. The molecule has 1 aromatic rings. The summed E-state index contributed by atoms with van der Waals surface area (Å²) in [6.45, 7) is 3.16. The molecule has 0 unspecified atom stereocenters. The fourth-order valence-corrected chi connectivity index (χ4v) is 0.675. The maximum absolute atomic E-state index is 11.6. The van der Waals surface area contributed by atoms with E-state index in [4.69, 9.17) is 0 Å². The van der Waals surface area contributed by atoms with Crippen molar-refractivity contribution in [1.29, 1.82) is 0 Å². The van der Waals surface area contributed by atoms with Crippen molar-refractivity contribution in [2.75, 3.05) is 0 Å². The van der Waals surface area contributed by atoms with E-state index in [1.54, 1.807) is 19.1 Å². The molecule has 0 aromatic carbocycles. The lowest BCUT2D eigenvalue weighted by atomic mass is 10.4. The average Bonchev–Trinajstić information content (AvgIpc) is 2.03. The summed E-state index contributed by atoms with van der Waals surface area (Å²) in [5, 5.41) is 0. The highest BCUT2D eigenvalue weighted by Gasteiger charge is 2.03. The van der Waals surface area contributed by atoms with Gasteiger partial charge in [0.25, 0.3) is 0 Å². The Labute approximate surface area is 82.9 Å². The van der Waals surface area contributed by atoms with E-state index < -0.39 is 6.61 Å². The molecule has 0 saturated carbocycles. The van der Waals surface area contributed by atoms with Crippen molar-refractivity contribution in [2.45, 2.75) is 33.8 Å². The van der Waals surface area contributed by atoms with Crippen LogP contribution in [-0.4, -0.2) is 11.6 Å². The van der Waals surface area contributed by atoms with Crippen LogP contribution in [0.2, 0.25) is 0 Å². The van der Waals surface area contributed by atoms with Gasteiger partial charge < -0.3 is 4.74 Å². The second kappa shape index (κ2) is 7.24. The van der Waals surface area contributed by atoms with Crippen LogP contribution < -0.4 is 4.74 Å². The standard InChI is InChI=1S/C7H7F2NO.C3H8/c1-5-3-2-4-6(10-5)11-7(8)9;1-3-2/h2-4,7H,1H3;3H2,1-2H3. The largest absolute Gasteiger partial charge is 0.417 e. The van der Waals surface area contributed by atoms with E-state index in [0.717, 1.165) is 0 Å². The number of alkyl halides is 2. The fraction of sp³-hybridized carbons (Fsp3) is 0.500. The minimum absolute atomic E-state index is 0.0417. The molecule has 14 heavy (non-hydrogen) atoms. The van der Waals surface area contributed by atoms with Gasteiger partial charge in [-0.3, -0.25) is 0 Å². The van der Waals surface area contributed by atoms with E-state index in [2.05, 4.69) is 23.6 Å². The van der Waals surface area contributed by atoms with Crippen molar-refractivity contribution in [1.82, 2.24) is 4.98 Å². The number of halogens is 2. The molecule has 1 rings (SSSR count). The molecule has 0 aliphatic rings. The number of rotatable bonds is 2. The summed E-state index contributed by atoms with van der Waals surface area (Å²) >= 11 is 0. The Morgan fingerprint density at radius 2 is 1.93 bits per heavy atom. The van der Waals surface area contributed by atoms with Crippen LogP contribution in [0.3, 0.4) is 0 Å². The second-order valence-electron chi connectivity index (χ2n) is 2.70. The molecule has 80 valence electrons. The maximum Gasteiger partial charge on any atom is 0.388 e. The number of ether oxygens (including phenoxy) is 1. The Morgan fingerprint density at radius 3 is 2.36 bits per heavy atom. The van der Waals surface area contributed by atoms with Gasteiger partial charge in [0.05, 0.1) is 0 Å². The molecule has 0 atom stereocenters. The van der Waals surface area contributed by atoms with Crippen molar-refractivity contribution in [3.8, 4) is 5.88 Å². The molecular formula is C10H15F2NO. The summed E-state index contributed by atoms with van der Waals surface area (Å²) in [5.41, 5.74) is 0.656. The van der Waals surface area contributed by atoms with E-state index in [1.165, 1.54) is 12.5 Å². The van der Waals surface area contributed by atoms with Gasteiger partial charge in [-0.1, -0.05) is 26.3 Å². The second-order valence-corrected chi connectivity index (χ2v) is 2.70. The Bertz CT molecular complexity index is 254. The van der Waals surface area contributed by atoms with Gasteiger partial charge in [0.1, 0.15) is 0 Å². The van der Waals surface area contributed by atoms with Gasteiger partial charge in [-0.25, -0.2) is 4.98 Å². The lowest BCUT2D eigenvalue weighted by Gasteiger charge is -2.02. The smallest absolute Gasteiger partial charge is 0.388 e. The predicted octanol–water partition coefficient (Wildman–Crippen LogP) is 3.41. The first-order chi connectivity index (χ1) is 6.60. The molecule has 1 aromatic heterocycles. The van der Waals surface area contributed by atoms with Crippen LogP contribution in [0.25, 0.3) is 0 Å². The van der Waals surface area contributed by atoms with Gasteiger partial charge >= 0.3 is 6.61 Å². The van der Waals surface area contributed by atoms with Crippen molar-refractivity contribution in [2.24, 2.45) is 0 Å². The van der Waals surface area contributed by atoms with Crippen molar-refractivity contribution < 1.29 is 13.5 Å². The van der Waals surface area contributed by atoms with Crippen LogP contribution in [0.5, 0.6) is 5.88 Å². The first-order valence-electron chi connectivity index (χ1n) is 4.48. The van der Waals surface area contributed by atoms with E-state index in [1.807, 2.05) is 0 Å². The Hall–Kier alpha value is -1.19. The number of hydrogen-bond acceptors (Lipinski definition) is 2. The van der Waals surface area contributed by atoms with E-state index >= 15 is 0 Å². The number of aryl methyl sites for hydroxylation is 1. The molecule has 2 nitrogen and oxygen atoms in total. The van der Waals surface area contributed by atoms with E-state index in [9.17, 15) is 8.78 Å². The molecule has 0 aliphatic carbocycles. The summed E-state index contributed by atoms with van der Waals surface area (Å²) in [6.07, 6.45) is 1.25. The van der Waals surface area contributed by atoms with Gasteiger partial charge in [0, 0.05) is 11.8 Å². The van der Waals surface area contributed by atoms with Gasteiger partial charge in [-0.05, 0) is 13.0 Å². The third-order valence-electron chi connectivity index (χ3n) is 1.07. The lowest BCUT2D eigenvalue weighted by Crippen LogP contribution is -2.03. The third-order valence-corrected chi connectivity index (χ3v) is 1.07. The highest BCUT2D eigenvalue weighted by Crippen LogP contribution is 2.09. The van der Waals surface area contributed by atoms with Crippen LogP contribution in [-0.2, 0) is 0 Å². The van der Waals surface area contributed by atoms with Crippen molar-refractivity contribution >= 4 is 0 Å². The quantitative estimate of drug-likeness (QED) is 0.734. The van der Waals surface area contributed by atoms with Gasteiger partial charge in [0.15, 0.2) is 0 Å². The molecule has 0 fully saturated rings. The highest BCUT2D eigenvalue weighted by molar-refractivity contribution is 5.14. The fourth-order valence-electron chi connectivity index (χ4n) is 0.675. The number of aromatic nitrogens is 1. The molecule has 0 N–H and O–H groups in total. The summed E-state index contributed by atoms with van der Waals surface area (Å²) < 4.78 is 27.2. The zero-order valence-electron chi connectivity index (χ0n) is 8.63. The molecule has 0 saturated heterocycles. The zero-order chi connectivity index (χ0) is 11.0. The molecule has 1 heterocycles. The van der Waals surface area contributed by atoms with Gasteiger partial charge in [-0.2, -0.15) is 8.78 Å². The predicted molar refractivity (Wildman–Crippen MR) is 51.6 cm³/mol. The Balaban J connectivity index is 0.000000500. The summed E-state index contributed by atoms with van der Waals surface area (Å²) in [7, 11) is 0. The third kappa shape index (κ3) is 6.34. The topological polar surface area (TPSA) is 22.1 Å². The first kappa shape index (κ1) is 12.8. The van der Waals surface area contributed by atoms with Crippen LogP contribution in [0.1, 0.15) is 26.0 Å². The van der Waals surface area contributed by atoms with Crippen molar-refractivity contribution in [3.63, 3.8) is 0 Å². The summed E-state index contributed by atoms with van der Waals surface area (Å²) in [6, 6.07) is 4.71. The lowest BCUT2D eigenvalue weighted by molar-refractivity contribution is -0.0529. The normalized spacial score (nSPS) is 9.29. The van der Waals surface area contributed by atoms with Crippen molar-refractivity contribution in [3.05, 3.63) is 23.9 Å². The molecule has 0 radical (unpaired) electrons. The van der Waals surface area contributed by atoms with E-state index in [0.29, 0.717) is 5.69 Å². The monoisotopic (exact) mass is 203 g/mol. The molecule has 0 amide bonds.